The number of nitro benzene ring substituents is 1. The third-order valence-electron chi connectivity index (χ3n) is 3.09. The number of hydrazone groups is 1. The molecule has 0 bridgehead atoms. The van der Waals surface area contributed by atoms with Crippen LogP contribution >= 0.6 is 15.9 Å². The first kappa shape index (κ1) is 19.1. The maximum absolute atomic E-state index is 12.1. The molecule has 0 radical (unpaired) electrons. The van der Waals surface area contributed by atoms with Crippen molar-refractivity contribution in [3.05, 3.63) is 62.1 Å². The van der Waals surface area contributed by atoms with Crippen LogP contribution in [0.25, 0.3) is 0 Å². The molecule has 3 N–H and O–H groups in total. The first-order chi connectivity index (χ1) is 12.3. The van der Waals surface area contributed by atoms with Crippen molar-refractivity contribution in [3.8, 4) is 5.75 Å². The number of rotatable bonds is 5. The van der Waals surface area contributed by atoms with Crippen LogP contribution < -0.4 is 10.7 Å². The van der Waals surface area contributed by atoms with Gasteiger partial charge in [-0.15, -0.1) is 0 Å². The summed E-state index contributed by atoms with van der Waals surface area (Å²) in [7, 11) is 0. The van der Waals surface area contributed by atoms with Crippen molar-refractivity contribution in [3.63, 3.8) is 0 Å². The number of phenols is 1. The number of carbonyl (C=O) groups excluding carboxylic acids is 2. The van der Waals surface area contributed by atoms with Gasteiger partial charge in [0.1, 0.15) is 0 Å². The average molecular weight is 421 g/mol. The highest BCUT2D eigenvalue weighted by molar-refractivity contribution is 9.10. The lowest BCUT2D eigenvalue weighted by Crippen LogP contribution is -2.18. The number of nitro groups is 1. The third kappa shape index (κ3) is 4.86. The summed E-state index contributed by atoms with van der Waals surface area (Å²) in [6.45, 7) is 1.35. The van der Waals surface area contributed by atoms with Gasteiger partial charge in [-0.3, -0.25) is 19.7 Å². The number of benzene rings is 2. The highest BCUT2D eigenvalue weighted by Crippen LogP contribution is 2.34. The van der Waals surface area contributed by atoms with E-state index in [-0.39, 0.29) is 15.9 Å². The first-order valence-electron chi connectivity index (χ1n) is 7.16. The number of nitrogens with zero attached hydrogens (tertiary/aromatic N) is 2. The molecule has 9 nitrogen and oxygen atoms in total. The molecule has 10 heteroatoms. The Morgan fingerprint density at radius 3 is 2.69 bits per heavy atom. The summed E-state index contributed by atoms with van der Waals surface area (Å²) in [6, 6.07) is 8.79. The summed E-state index contributed by atoms with van der Waals surface area (Å²) in [5.74, 6) is -1.29. The minimum atomic E-state index is -0.733. The van der Waals surface area contributed by atoms with Crippen LogP contribution in [0.5, 0.6) is 5.75 Å². The van der Waals surface area contributed by atoms with Crippen LogP contribution in [0, 0.1) is 10.1 Å². The van der Waals surface area contributed by atoms with Crippen LogP contribution in [-0.4, -0.2) is 28.1 Å². The van der Waals surface area contributed by atoms with Crippen molar-refractivity contribution < 1.29 is 19.6 Å². The number of nitrogens with one attached hydrogen (secondary N) is 2. The van der Waals surface area contributed by atoms with Gasteiger partial charge in [-0.1, -0.05) is 6.07 Å². The highest BCUT2D eigenvalue weighted by Gasteiger charge is 2.17. The number of anilines is 1. The van der Waals surface area contributed by atoms with Crippen molar-refractivity contribution in [2.75, 3.05) is 5.32 Å². The minimum absolute atomic E-state index is 0.127. The lowest BCUT2D eigenvalue weighted by atomic mass is 10.2. The van der Waals surface area contributed by atoms with Gasteiger partial charge in [-0.25, -0.2) is 5.43 Å². The maximum Gasteiger partial charge on any atom is 0.312 e. The molecule has 0 unspecified atom stereocenters. The normalized spacial score (nSPS) is 10.5. The molecule has 0 aromatic heterocycles. The van der Waals surface area contributed by atoms with Gasteiger partial charge in [-0.2, -0.15) is 5.10 Å². The van der Waals surface area contributed by atoms with Crippen molar-refractivity contribution in [1.29, 1.82) is 0 Å². The average Bonchev–Trinajstić information content (AvgIpc) is 2.57. The van der Waals surface area contributed by atoms with Gasteiger partial charge < -0.3 is 10.4 Å². The molecule has 0 aliphatic heterocycles. The number of carbonyl (C=O) groups is 2. The molecule has 0 saturated heterocycles. The Morgan fingerprint density at radius 1 is 1.31 bits per heavy atom. The number of hydrogen-bond donors (Lipinski definition) is 3. The van der Waals surface area contributed by atoms with Crippen molar-refractivity contribution in [1.82, 2.24) is 5.43 Å². The van der Waals surface area contributed by atoms with E-state index in [9.17, 15) is 24.8 Å². The smallest absolute Gasteiger partial charge is 0.312 e. The monoisotopic (exact) mass is 420 g/mol. The fourth-order valence-corrected chi connectivity index (χ4v) is 2.46. The molecule has 0 saturated carbocycles. The van der Waals surface area contributed by atoms with E-state index in [4.69, 9.17) is 0 Å². The number of halogens is 1. The van der Waals surface area contributed by atoms with Gasteiger partial charge in [0.05, 0.1) is 15.6 Å². The molecule has 26 heavy (non-hydrogen) atoms. The van der Waals surface area contributed by atoms with Gasteiger partial charge >= 0.3 is 5.69 Å². The van der Waals surface area contributed by atoms with Crippen LogP contribution in [0.1, 0.15) is 22.8 Å². The summed E-state index contributed by atoms with van der Waals surface area (Å²) in [4.78, 5) is 33.3. The fourth-order valence-electron chi connectivity index (χ4n) is 1.99. The molecule has 0 fully saturated rings. The number of aromatic hydroxyl groups is 1. The van der Waals surface area contributed by atoms with E-state index in [0.717, 1.165) is 6.07 Å². The Labute approximate surface area is 156 Å². The van der Waals surface area contributed by atoms with E-state index in [0.29, 0.717) is 11.3 Å². The Kier molecular flexibility index (Phi) is 6.02. The zero-order valence-corrected chi connectivity index (χ0v) is 15.0. The Balaban J connectivity index is 2.12. The predicted octanol–water partition coefficient (Wildman–Crippen LogP) is 2.79. The van der Waals surface area contributed by atoms with E-state index < -0.39 is 22.3 Å². The van der Waals surface area contributed by atoms with E-state index in [1.165, 1.54) is 31.3 Å². The summed E-state index contributed by atoms with van der Waals surface area (Å²) in [5.41, 5.74) is 2.82. The van der Waals surface area contributed by atoms with Gasteiger partial charge in [0.25, 0.3) is 5.91 Å². The van der Waals surface area contributed by atoms with Crippen molar-refractivity contribution >= 4 is 45.3 Å². The largest absolute Gasteiger partial charge is 0.501 e. The van der Waals surface area contributed by atoms with Crippen LogP contribution in [0.4, 0.5) is 11.4 Å². The van der Waals surface area contributed by atoms with E-state index in [1.807, 2.05) is 0 Å². The second-order valence-corrected chi connectivity index (χ2v) is 5.94. The molecule has 134 valence electrons. The Hall–Kier alpha value is -3.27. The molecule has 2 aromatic carbocycles. The van der Waals surface area contributed by atoms with Crippen LogP contribution in [-0.2, 0) is 4.79 Å². The number of hydrogen-bond acceptors (Lipinski definition) is 6. The molecule has 0 aliphatic rings. The minimum Gasteiger partial charge on any atom is -0.501 e. The molecule has 2 rings (SSSR count). The molecule has 2 aromatic rings. The summed E-state index contributed by atoms with van der Waals surface area (Å²) < 4.78 is 0.127. The summed E-state index contributed by atoms with van der Waals surface area (Å²) >= 11 is 3.01. The van der Waals surface area contributed by atoms with Crippen molar-refractivity contribution in [2.45, 2.75) is 6.92 Å². The first-order valence-corrected chi connectivity index (χ1v) is 7.95. The number of phenolic OH excluding ortho intramolecular Hbond substituents is 1. The topological polar surface area (TPSA) is 134 Å². The molecule has 0 aliphatic carbocycles. The van der Waals surface area contributed by atoms with Crippen LogP contribution in [0.15, 0.2) is 46.0 Å². The Bertz CT molecular complexity index is 914. The van der Waals surface area contributed by atoms with Gasteiger partial charge in [0, 0.05) is 29.8 Å². The molecule has 2 amide bonds. The zero-order valence-electron chi connectivity index (χ0n) is 13.4. The third-order valence-corrected chi connectivity index (χ3v) is 3.69. The van der Waals surface area contributed by atoms with Gasteiger partial charge in [0.2, 0.25) is 11.7 Å². The molecular weight excluding hydrogens is 408 g/mol. The lowest BCUT2D eigenvalue weighted by Gasteiger charge is -2.05. The molecule has 0 spiro atoms. The summed E-state index contributed by atoms with van der Waals surface area (Å²) in [6.07, 6.45) is 1.20. The van der Waals surface area contributed by atoms with Crippen molar-refractivity contribution in [2.24, 2.45) is 5.10 Å². The predicted molar refractivity (Wildman–Crippen MR) is 98.3 cm³/mol. The fraction of sp³-hybridized carbons (Fsp3) is 0.0625. The maximum atomic E-state index is 12.1. The number of amides is 2. The molecule has 0 heterocycles. The second-order valence-electron chi connectivity index (χ2n) is 5.09. The summed E-state index contributed by atoms with van der Waals surface area (Å²) in [5, 5.41) is 26.8. The van der Waals surface area contributed by atoms with Crippen LogP contribution in [0.3, 0.4) is 0 Å². The van der Waals surface area contributed by atoms with Gasteiger partial charge in [0.15, 0.2) is 0 Å². The van der Waals surface area contributed by atoms with E-state index in [1.54, 1.807) is 12.1 Å². The quantitative estimate of drug-likeness (QED) is 0.388. The standard InChI is InChI=1S/C16H13BrN4O5/c1-9(22)19-12-4-2-3-11(7-12)16(24)20-18-8-10-5-13(17)15(23)14(6-10)21(25)26/h2-8,23H,1H3,(H,19,22)(H,20,24). The zero-order chi connectivity index (χ0) is 19.3. The molecular formula is C16H13BrN4O5. The Morgan fingerprint density at radius 2 is 2.04 bits per heavy atom. The highest BCUT2D eigenvalue weighted by atomic mass is 79.9. The van der Waals surface area contributed by atoms with E-state index >= 15 is 0 Å². The van der Waals surface area contributed by atoms with Gasteiger partial charge in [-0.05, 0) is 40.2 Å². The van der Waals surface area contributed by atoms with Crippen LogP contribution in [0.2, 0.25) is 0 Å². The second kappa shape index (κ2) is 8.21. The SMILES string of the molecule is CC(=O)Nc1cccc(C(=O)NN=Cc2cc(Br)c(O)c([N+](=O)[O-])c2)c1. The lowest BCUT2D eigenvalue weighted by molar-refractivity contribution is -0.386. The van der Waals surface area contributed by atoms with E-state index in [2.05, 4.69) is 31.8 Å². The molecule has 0 atom stereocenters.